The molecular formula is C13H13BrN2O2. The summed E-state index contributed by atoms with van der Waals surface area (Å²) >= 11 is 3.51. The third kappa shape index (κ3) is 2.79. The molecule has 0 spiro atoms. The van der Waals surface area contributed by atoms with Crippen molar-refractivity contribution in [1.82, 2.24) is 9.55 Å². The summed E-state index contributed by atoms with van der Waals surface area (Å²) in [6, 6.07) is 5.87. The molecule has 5 heteroatoms. The first-order chi connectivity index (χ1) is 8.58. The van der Waals surface area contributed by atoms with Crippen molar-refractivity contribution in [3.05, 3.63) is 46.5 Å². The summed E-state index contributed by atoms with van der Waals surface area (Å²) in [6.45, 7) is 1.94. The molecule has 0 amide bonds. The van der Waals surface area contributed by atoms with E-state index in [1.807, 2.05) is 35.9 Å². The molecule has 0 unspecified atom stereocenters. The summed E-state index contributed by atoms with van der Waals surface area (Å²) in [6.07, 6.45) is 4.33. The van der Waals surface area contributed by atoms with Crippen LogP contribution in [0.4, 0.5) is 0 Å². The maximum atomic E-state index is 10.5. The Morgan fingerprint density at radius 1 is 1.50 bits per heavy atom. The molecule has 1 heterocycles. The Bertz CT molecular complexity index is 578. The van der Waals surface area contributed by atoms with Crippen LogP contribution in [0, 0.1) is 6.92 Å². The largest absolute Gasteiger partial charge is 0.481 e. The summed E-state index contributed by atoms with van der Waals surface area (Å²) in [5, 5.41) is 8.66. The Kier molecular flexibility index (Phi) is 3.81. The van der Waals surface area contributed by atoms with Crippen LogP contribution in [-0.4, -0.2) is 20.6 Å². The van der Waals surface area contributed by atoms with Gasteiger partial charge in [0, 0.05) is 23.3 Å². The van der Waals surface area contributed by atoms with E-state index in [1.165, 1.54) is 0 Å². The quantitative estimate of drug-likeness (QED) is 0.944. The fraction of sp³-hybridized carbons (Fsp3) is 0.231. The lowest BCUT2D eigenvalue weighted by atomic mass is 10.1. The van der Waals surface area contributed by atoms with Gasteiger partial charge in [-0.15, -0.1) is 0 Å². The second kappa shape index (κ2) is 5.35. The van der Waals surface area contributed by atoms with Crippen LogP contribution in [0.1, 0.15) is 17.8 Å². The summed E-state index contributed by atoms with van der Waals surface area (Å²) in [5.74, 6) is 0.134. The first-order valence-corrected chi connectivity index (χ1v) is 6.38. The van der Waals surface area contributed by atoms with Crippen LogP contribution >= 0.6 is 15.9 Å². The second-order valence-electron chi connectivity index (χ2n) is 4.02. The minimum absolute atomic E-state index is 0.149. The van der Waals surface area contributed by atoms with E-state index >= 15 is 0 Å². The van der Waals surface area contributed by atoms with Crippen molar-refractivity contribution < 1.29 is 9.90 Å². The van der Waals surface area contributed by atoms with Gasteiger partial charge >= 0.3 is 5.97 Å². The Morgan fingerprint density at radius 3 is 2.83 bits per heavy atom. The monoisotopic (exact) mass is 308 g/mol. The maximum absolute atomic E-state index is 10.5. The van der Waals surface area contributed by atoms with Gasteiger partial charge < -0.3 is 9.67 Å². The number of nitrogens with zero attached hydrogens (tertiary/aromatic N) is 2. The van der Waals surface area contributed by atoms with E-state index in [2.05, 4.69) is 20.9 Å². The lowest BCUT2D eigenvalue weighted by Crippen LogP contribution is -2.00. The van der Waals surface area contributed by atoms with Gasteiger partial charge in [-0.05, 0) is 47.0 Å². The van der Waals surface area contributed by atoms with Gasteiger partial charge in [0.2, 0.25) is 0 Å². The molecular weight excluding hydrogens is 296 g/mol. The number of aliphatic carboxylic acids is 1. The Hall–Kier alpha value is -1.62. The highest BCUT2D eigenvalue weighted by Gasteiger charge is 2.07. The van der Waals surface area contributed by atoms with Gasteiger partial charge in [0.1, 0.15) is 5.82 Å². The van der Waals surface area contributed by atoms with Crippen molar-refractivity contribution in [2.45, 2.75) is 19.8 Å². The van der Waals surface area contributed by atoms with Crippen molar-refractivity contribution in [2.75, 3.05) is 0 Å². The van der Waals surface area contributed by atoms with E-state index < -0.39 is 5.97 Å². The molecule has 1 aromatic heterocycles. The lowest BCUT2D eigenvalue weighted by molar-refractivity contribution is -0.136. The van der Waals surface area contributed by atoms with Gasteiger partial charge in [-0.2, -0.15) is 0 Å². The third-order valence-corrected chi connectivity index (χ3v) is 3.36. The van der Waals surface area contributed by atoms with Crippen LogP contribution in [0.15, 0.2) is 35.1 Å². The Morgan fingerprint density at radius 2 is 2.28 bits per heavy atom. The zero-order valence-corrected chi connectivity index (χ0v) is 11.5. The molecule has 0 atom stereocenters. The van der Waals surface area contributed by atoms with Gasteiger partial charge in [0.15, 0.2) is 0 Å². The molecule has 0 fully saturated rings. The average Bonchev–Trinajstić information content (AvgIpc) is 2.73. The van der Waals surface area contributed by atoms with Crippen LogP contribution in [0.3, 0.4) is 0 Å². The van der Waals surface area contributed by atoms with Crippen LogP contribution in [0.25, 0.3) is 5.69 Å². The van der Waals surface area contributed by atoms with Crippen LogP contribution < -0.4 is 0 Å². The molecule has 0 aliphatic heterocycles. The summed E-state index contributed by atoms with van der Waals surface area (Å²) in [4.78, 5) is 14.7. The first kappa shape index (κ1) is 12.8. The number of imidazole rings is 1. The molecule has 0 saturated heterocycles. The van der Waals surface area contributed by atoms with Crippen LogP contribution in [-0.2, 0) is 11.2 Å². The van der Waals surface area contributed by atoms with Gasteiger partial charge in [0.25, 0.3) is 0 Å². The third-order valence-electron chi connectivity index (χ3n) is 2.72. The van der Waals surface area contributed by atoms with Gasteiger partial charge in [0.05, 0.1) is 5.69 Å². The maximum Gasteiger partial charge on any atom is 0.303 e. The normalized spacial score (nSPS) is 10.6. The minimum Gasteiger partial charge on any atom is -0.481 e. The number of aromatic nitrogens is 2. The van der Waals surface area contributed by atoms with E-state index in [4.69, 9.17) is 5.11 Å². The number of benzene rings is 1. The van der Waals surface area contributed by atoms with Crippen molar-refractivity contribution >= 4 is 21.9 Å². The van der Waals surface area contributed by atoms with Crippen molar-refractivity contribution in [2.24, 2.45) is 0 Å². The predicted octanol–water partition coefficient (Wildman–Crippen LogP) is 2.96. The molecule has 2 aromatic rings. The fourth-order valence-electron chi connectivity index (χ4n) is 1.79. The average molecular weight is 309 g/mol. The predicted molar refractivity (Wildman–Crippen MR) is 72.0 cm³/mol. The number of carbonyl (C=O) groups is 1. The molecule has 1 N–H and O–H groups in total. The van der Waals surface area contributed by atoms with Crippen LogP contribution in [0.5, 0.6) is 0 Å². The molecule has 94 valence electrons. The van der Waals surface area contributed by atoms with E-state index in [0.29, 0.717) is 6.42 Å². The van der Waals surface area contributed by atoms with E-state index in [-0.39, 0.29) is 6.42 Å². The van der Waals surface area contributed by atoms with Crippen LogP contribution in [0.2, 0.25) is 0 Å². The SMILES string of the molecule is Cc1nccn1-c1ccc(CCC(=O)O)cc1Br. The summed E-state index contributed by atoms with van der Waals surface area (Å²) < 4.78 is 2.91. The molecule has 0 aliphatic rings. The molecule has 0 saturated carbocycles. The molecule has 0 bridgehead atoms. The highest BCUT2D eigenvalue weighted by Crippen LogP contribution is 2.24. The number of hydrogen-bond donors (Lipinski definition) is 1. The molecule has 2 rings (SSSR count). The topological polar surface area (TPSA) is 55.1 Å². The first-order valence-electron chi connectivity index (χ1n) is 5.58. The number of hydrogen-bond acceptors (Lipinski definition) is 2. The number of carboxylic acid groups (broad SMARTS) is 1. The van der Waals surface area contributed by atoms with E-state index in [9.17, 15) is 4.79 Å². The number of aryl methyl sites for hydroxylation is 2. The van der Waals surface area contributed by atoms with Gasteiger partial charge in [-0.1, -0.05) is 6.07 Å². The molecule has 1 aromatic carbocycles. The highest BCUT2D eigenvalue weighted by atomic mass is 79.9. The zero-order valence-electron chi connectivity index (χ0n) is 9.93. The Labute approximate surface area is 113 Å². The fourth-order valence-corrected chi connectivity index (χ4v) is 2.40. The van der Waals surface area contributed by atoms with E-state index in [1.54, 1.807) is 6.20 Å². The van der Waals surface area contributed by atoms with Gasteiger partial charge in [-0.25, -0.2) is 4.98 Å². The highest BCUT2D eigenvalue weighted by molar-refractivity contribution is 9.10. The van der Waals surface area contributed by atoms with Crippen molar-refractivity contribution in [1.29, 1.82) is 0 Å². The standard InChI is InChI=1S/C13H13BrN2O2/c1-9-15-6-7-16(9)12-4-2-10(8-11(12)14)3-5-13(17)18/h2,4,6-8H,3,5H2,1H3,(H,17,18). The van der Waals surface area contributed by atoms with Gasteiger partial charge in [-0.3, -0.25) is 4.79 Å². The molecule has 0 aliphatic carbocycles. The smallest absolute Gasteiger partial charge is 0.303 e. The van der Waals surface area contributed by atoms with Crippen molar-refractivity contribution in [3.8, 4) is 5.69 Å². The van der Waals surface area contributed by atoms with Crippen molar-refractivity contribution in [3.63, 3.8) is 0 Å². The number of halogens is 1. The second-order valence-corrected chi connectivity index (χ2v) is 4.88. The molecule has 18 heavy (non-hydrogen) atoms. The summed E-state index contributed by atoms with van der Waals surface area (Å²) in [7, 11) is 0. The Balaban J connectivity index is 2.26. The zero-order chi connectivity index (χ0) is 13.1. The lowest BCUT2D eigenvalue weighted by Gasteiger charge is -2.09. The molecule has 4 nitrogen and oxygen atoms in total. The number of carboxylic acids is 1. The summed E-state index contributed by atoms with van der Waals surface area (Å²) in [5.41, 5.74) is 2.01. The number of rotatable bonds is 4. The minimum atomic E-state index is -0.777. The van der Waals surface area contributed by atoms with E-state index in [0.717, 1.165) is 21.5 Å². The molecule has 0 radical (unpaired) electrons.